The molecule has 1 aromatic heterocycles. The predicted molar refractivity (Wildman–Crippen MR) is 65.7 cm³/mol. The maximum atomic E-state index is 11.6. The van der Waals surface area contributed by atoms with Gasteiger partial charge in [-0.2, -0.15) is 0 Å². The molecule has 0 aliphatic heterocycles. The van der Waals surface area contributed by atoms with E-state index in [4.69, 9.17) is 0 Å². The van der Waals surface area contributed by atoms with Gasteiger partial charge in [-0.25, -0.2) is 4.98 Å². The molecule has 0 aromatic carbocycles. The molecule has 1 heterocycles. The zero-order chi connectivity index (χ0) is 12.0. The van der Waals surface area contributed by atoms with E-state index >= 15 is 0 Å². The second-order valence-electron chi connectivity index (χ2n) is 2.73. The molecule has 0 bridgehead atoms. The summed E-state index contributed by atoms with van der Waals surface area (Å²) in [6.45, 7) is 12.9. The van der Waals surface area contributed by atoms with E-state index in [0.29, 0.717) is 17.1 Å². The summed E-state index contributed by atoms with van der Waals surface area (Å²) in [6.07, 6.45) is 3.07. The number of rotatable bonds is 2. The fourth-order valence-electron chi connectivity index (χ4n) is 1.09. The fourth-order valence-corrected chi connectivity index (χ4v) is 1.09. The van der Waals surface area contributed by atoms with Gasteiger partial charge in [-0.3, -0.25) is 9.36 Å². The molecule has 82 valence electrons. The fraction of sp³-hybridized carbons (Fsp3) is 0.333. The van der Waals surface area contributed by atoms with Crippen molar-refractivity contribution >= 4 is 12.2 Å². The monoisotopic (exact) mass is 206 g/mol. The molecule has 0 saturated heterocycles. The summed E-state index contributed by atoms with van der Waals surface area (Å²) in [5.41, 5.74) is 1.01. The molecule has 0 fully saturated rings. The van der Waals surface area contributed by atoms with Crippen molar-refractivity contribution in [3.05, 3.63) is 40.6 Å². The molecule has 0 radical (unpaired) electrons. The number of aryl methyl sites for hydroxylation is 1. The highest BCUT2D eigenvalue weighted by molar-refractivity contribution is 5.59. The van der Waals surface area contributed by atoms with Crippen LogP contribution in [0.5, 0.6) is 0 Å². The van der Waals surface area contributed by atoms with E-state index in [-0.39, 0.29) is 5.56 Å². The quantitative estimate of drug-likeness (QED) is 0.744. The van der Waals surface area contributed by atoms with Crippen LogP contribution >= 0.6 is 0 Å². The van der Waals surface area contributed by atoms with Gasteiger partial charge >= 0.3 is 0 Å². The van der Waals surface area contributed by atoms with Crippen LogP contribution < -0.4 is 5.56 Å². The van der Waals surface area contributed by atoms with E-state index in [9.17, 15) is 4.79 Å². The van der Waals surface area contributed by atoms with E-state index < -0.39 is 0 Å². The zero-order valence-corrected chi connectivity index (χ0v) is 9.87. The first-order valence-electron chi connectivity index (χ1n) is 4.94. The van der Waals surface area contributed by atoms with Crippen molar-refractivity contribution in [2.24, 2.45) is 7.05 Å². The first kappa shape index (κ1) is 13.4. The lowest BCUT2D eigenvalue weighted by atomic mass is 10.2. The molecule has 0 saturated carbocycles. The summed E-state index contributed by atoms with van der Waals surface area (Å²) in [5.74, 6) is 0.672. The molecule has 0 spiro atoms. The Hall–Kier alpha value is -1.64. The van der Waals surface area contributed by atoms with Crippen molar-refractivity contribution < 1.29 is 0 Å². The third-order valence-corrected chi connectivity index (χ3v) is 1.98. The zero-order valence-electron chi connectivity index (χ0n) is 9.87. The van der Waals surface area contributed by atoms with Crippen LogP contribution in [-0.2, 0) is 7.05 Å². The molecule has 0 aliphatic carbocycles. The van der Waals surface area contributed by atoms with Crippen molar-refractivity contribution in [1.29, 1.82) is 0 Å². The van der Waals surface area contributed by atoms with E-state index in [2.05, 4.69) is 18.1 Å². The highest BCUT2D eigenvalue weighted by atomic mass is 16.1. The van der Waals surface area contributed by atoms with Gasteiger partial charge in [0.25, 0.3) is 5.56 Å². The summed E-state index contributed by atoms with van der Waals surface area (Å²) in [6, 6.07) is 0. The van der Waals surface area contributed by atoms with Crippen LogP contribution in [0.15, 0.2) is 18.0 Å². The van der Waals surface area contributed by atoms with Gasteiger partial charge in [-0.05, 0) is 13.0 Å². The molecule has 1 aromatic rings. The highest BCUT2D eigenvalue weighted by Gasteiger charge is 2.06. The second kappa shape index (κ2) is 5.96. The lowest BCUT2D eigenvalue weighted by molar-refractivity contribution is 0.769. The van der Waals surface area contributed by atoms with Gasteiger partial charge < -0.3 is 0 Å². The highest BCUT2D eigenvalue weighted by Crippen LogP contribution is 2.04. The molecular weight excluding hydrogens is 188 g/mol. The van der Waals surface area contributed by atoms with Crippen molar-refractivity contribution in [3.8, 4) is 0 Å². The molecule has 0 atom stereocenters. The van der Waals surface area contributed by atoms with Gasteiger partial charge in [0.2, 0.25) is 0 Å². The number of nitrogens with zero attached hydrogens (tertiary/aromatic N) is 2. The van der Waals surface area contributed by atoms with Crippen LogP contribution in [-0.4, -0.2) is 9.55 Å². The van der Waals surface area contributed by atoms with E-state index in [1.165, 1.54) is 10.6 Å². The van der Waals surface area contributed by atoms with E-state index in [1.807, 2.05) is 13.8 Å². The van der Waals surface area contributed by atoms with Crippen LogP contribution in [0.2, 0.25) is 0 Å². The summed E-state index contributed by atoms with van der Waals surface area (Å²) < 4.78 is 1.49. The molecule has 1 rings (SSSR count). The molecule has 0 aliphatic rings. The molecule has 3 heteroatoms. The average molecular weight is 206 g/mol. The van der Waals surface area contributed by atoms with Crippen molar-refractivity contribution in [2.45, 2.75) is 20.8 Å². The first-order chi connectivity index (χ1) is 7.11. The van der Waals surface area contributed by atoms with E-state index in [1.54, 1.807) is 20.0 Å². The average Bonchev–Trinajstić information content (AvgIpc) is 2.28. The van der Waals surface area contributed by atoms with Crippen LogP contribution in [0, 0.1) is 6.92 Å². The maximum Gasteiger partial charge on any atom is 0.261 e. The Balaban J connectivity index is 0.000000921. The predicted octanol–water partition coefficient (Wildman–Crippen LogP) is 2.40. The van der Waals surface area contributed by atoms with Gasteiger partial charge in [0.1, 0.15) is 5.82 Å². The van der Waals surface area contributed by atoms with Crippen LogP contribution in [0.3, 0.4) is 0 Å². The third-order valence-electron chi connectivity index (χ3n) is 1.98. The van der Waals surface area contributed by atoms with Crippen molar-refractivity contribution in [1.82, 2.24) is 9.55 Å². The Morgan fingerprint density at radius 3 is 2.20 bits per heavy atom. The van der Waals surface area contributed by atoms with Gasteiger partial charge in [0.05, 0.1) is 11.3 Å². The Morgan fingerprint density at radius 2 is 1.80 bits per heavy atom. The Labute approximate surface area is 90.8 Å². The summed E-state index contributed by atoms with van der Waals surface area (Å²) in [7, 11) is 1.69. The number of aromatic nitrogens is 2. The largest absolute Gasteiger partial charge is 0.299 e. The van der Waals surface area contributed by atoms with Crippen molar-refractivity contribution in [3.63, 3.8) is 0 Å². The van der Waals surface area contributed by atoms with Gasteiger partial charge in [0, 0.05) is 7.05 Å². The van der Waals surface area contributed by atoms with Crippen molar-refractivity contribution in [2.75, 3.05) is 0 Å². The minimum absolute atomic E-state index is 0.0857. The topological polar surface area (TPSA) is 34.9 Å². The lowest BCUT2D eigenvalue weighted by Crippen LogP contribution is -2.23. The third kappa shape index (κ3) is 2.65. The summed E-state index contributed by atoms with van der Waals surface area (Å²) in [4.78, 5) is 15.8. The molecule has 0 amide bonds. The summed E-state index contributed by atoms with van der Waals surface area (Å²) in [5, 5.41) is 0. The molecular formula is C12H18N2O. The Kier molecular flexibility index (Phi) is 5.31. The maximum absolute atomic E-state index is 11.6. The van der Waals surface area contributed by atoms with Crippen LogP contribution in [0.4, 0.5) is 0 Å². The van der Waals surface area contributed by atoms with Gasteiger partial charge in [0.15, 0.2) is 0 Å². The van der Waals surface area contributed by atoms with E-state index in [0.717, 1.165) is 0 Å². The number of hydrogen-bond donors (Lipinski definition) is 0. The Bertz CT molecular complexity index is 416. The molecule has 0 unspecified atom stereocenters. The lowest BCUT2D eigenvalue weighted by Gasteiger charge is -2.06. The van der Waals surface area contributed by atoms with Gasteiger partial charge in [-0.1, -0.05) is 33.1 Å². The smallest absolute Gasteiger partial charge is 0.261 e. The normalized spacial score (nSPS) is 8.80. The summed E-state index contributed by atoms with van der Waals surface area (Å²) >= 11 is 0. The second-order valence-corrected chi connectivity index (χ2v) is 2.73. The van der Waals surface area contributed by atoms with Crippen LogP contribution in [0.25, 0.3) is 12.2 Å². The Morgan fingerprint density at radius 1 is 1.27 bits per heavy atom. The number of hydrogen-bond acceptors (Lipinski definition) is 2. The minimum Gasteiger partial charge on any atom is -0.299 e. The standard InChI is InChI=1S/C10H12N2O.C2H6/c1-5-8-9(6-2)11-7(3)12(4)10(8)13;1-2/h5-6H,1-2H2,3-4H3;1-2H3. The first-order valence-corrected chi connectivity index (χ1v) is 4.94. The molecule has 0 N–H and O–H groups in total. The SMILES string of the molecule is C=Cc1nc(C)n(C)c(=O)c1C=C.CC. The minimum atomic E-state index is -0.0857. The molecule has 3 nitrogen and oxygen atoms in total. The van der Waals surface area contributed by atoms with Crippen LogP contribution in [0.1, 0.15) is 30.9 Å². The van der Waals surface area contributed by atoms with Gasteiger partial charge in [-0.15, -0.1) is 0 Å². The molecule has 15 heavy (non-hydrogen) atoms.